The van der Waals surface area contributed by atoms with Crippen molar-refractivity contribution in [3.05, 3.63) is 39.9 Å². The molecule has 13 heavy (non-hydrogen) atoms. The summed E-state index contributed by atoms with van der Waals surface area (Å²) >= 11 is 0. The van der Waals surface area contributed by atoms with Crippen molar-refractivity contribution in [1.29, 1.82) is 0 Å². The van der Waals surface area contributed by atoms with E-state index in [0.29, 0.717) is 5.56 Å². The topological polar surface area (TPSA) is 72.6 Å². The zero-order valence-corrected chi connectivity index (χ0v) is 6.84. The van der Waals surface area contributed by atoms with E-state index < -0.39 is 4.92 Å². The van der Waals surface area contributed by atoms with E-state index in [2.05, 4.69) is 4.74 Å². The highest BCUT2D eigenvalue weighted by Gasteiger charge is 2.04. The van der Waals surface area contributed by atoms with Gasteiger partial charge in [0.25, 0.3) is 5.69 Å². The lowest BCUT2D eigenvalue weighted by molar-refractivity contribution is -0.385. The van der Waals surface area contributed by atoms with E-state index in [1.54, 1.807) is 12.1 Å². The molecule has 70 valence electrons. The van der Waals surface area contributed by atoms with Gasteiger partial charge in [-0.2, -0.15) is 0 Å². The first-order valence-corrected chi connectivity index (χ1v) is 3.66. The predicted molar refractivity (Wildman–Crippen MR) is 45.0 cm³/mol. The number of nitro groups is 1. The van der Waals surface area contributed by atoms with Gasteiger partial charge in [0.2, 0.25) is 0 Å². The molecule has 5 nitrogen and oxygen atoms in total. The SMILES string of the molecule is O=[N+]([O-])c1cccc(COCO)c1. The molecule has 0 saturated heterocycles. The van der Waals surface area contributed by atoms with Crippen molar-refractivity contribution >= 4 is 5.69 Å². The van der Waals surface area contributed by atoms with Gasteiger partial charge in [0.05, 0.1) is 11.5 Å². The molecule has 0 aliphatic heterocycles. The molecule has 0 heterocycles. The average Bonchev–Trinajstić information content (AvgIpc) is 2.15. The minimum Gasteiger partial charge on any atom is -0.371 e. The Bertz CT molecular complexity index is 300. The van der Waals surface area contributed by atoms with E-state index in [1.165, 1.54) is 12.1 Å². The maximum absolute atomic E-state index is 10.3. The zero-order valence-electron chi connectivity index (χ0n) is 6.84. The summed E-state index contributed by atoms with van der Waals surface area (Å²) in [5.41, 5.74) is 0.697. The second-order valence-electron chi connectivity index (χ2n) is 2.40. The molecule has 1 N–H and O–H groups in total. The quantitative estimate of drug-likeness (QED) is 0.430. The normalized spacial score (nSPS) is 9.92. The third kappa shape index (κ3) is 2.81. The lowest BCUT2D eigenvalue weighted by atomic mass is 10.2. The van der Waals surface area contributed by atoms with Crippen molar-refractivity contribution in [2.24, 2.45) is 0 Å². The van der Waals surface area contributed by atoms with Crippen LogP contribution in [0.1, 0.15) is 5.56 Å². The van der Waals surface area contributed by atoms with E-state index >= 15 is 0 Å². The fraction of sp³-hybridized carbons (Fsp3) is 0.250. The molecule has 0 amide bonds. The summed E-state index contributed by atoms with van der Waals surface area (Å²) in [7, 11) is 0. The molecule has 1 aromatic carbocycles. The Labute approximate surface area is 74.7 Å². The highest BCUT2D eigenvalue weighted by molar-refractivity contribution is 5.33. The van der Waals surface area contributed by atoms with E-state index in [0.717, 1.165) is 0 Å². The molecular formula is C8H9NO4. The molecule has 1 aromatic rings. The van der Waals surface area contributed by atoms with Crippen molar-refractivity contribution in [2.75, 3.05) is 6.79 Å². The number of ether oxygens (including phenoxy) is 1. The van der Waals surface area contributed by atoms with E-state index in [1.807, 2.05) is 0 Å². The largest absolute Gasteiger partial charge is 0.371 e. The Hall–Kier alpha value is -1.46. The van der Waals surface area contributed by atoms with Crippen LogP contribution in [0.2, 0.25) is 0 Å². The summed E-state index contributed by atoms with van der Waals surface area (Å²) in [6.45, 7) is -0.207. The molecule has 0 saturated carbocycles. The Kier molecular flexibility index (Phi) is 3.36. The Balaban J connectivity index is 2.73. The van der Waals surface area contributed by atoms with Crippen LogP contribution in [0.5, 0.6) is 0 Å². The van der Waals surface area contributed by atoms with Crippen LogP contribution in [-0.4, -0.2) is 16.8 Å². The van der Waals surface area contributed by atoms with Gasteiger partial charge >= 0.3 is 0 Å². The van der Waals surface area contributed by atoms with Crippen LogP contribution < -0.4 is 0 Å². The van der Waals surface area contributed by atoms with Crippen molar-refractivity contribution in [2.45, 2.75) is 6.61 Å². The van der Waals surface area contributed by atoms with Crippen LogP contribution in [0, 0.1) is 10.1 Å². The van der Waals surface area contributed by atoms with E-state index in [-0.39, 0.29) is 19.1 Å². The fourth-order valence-electron chi connectivity index (χ4n) is 0.923. The number of non-ortho nitro benzene ring substituents is 1. The molecule has 0 bridgehead atoms. The van der Waals surface area contributed by atoms with Crippen molar-refractivity contribution < 1.29 is 14.8 Å². The van der Waals surface area contributed by atoms with Crippen LogP contribution in [0.3, 0.4) is 0 Å². The molecule has 0 spiro atoms. The molecular weight excluding hydrogens is 174 g/mol. The standard InChI is InChI=1S/C8H9NO4/c10-6-13-5-7-2-1-3-8(4-7)9(11)12/h1-4,10H,5-6H2. The Morgan fingerprint density at radius 1 is 1.54 bits per heavy atom. The van der Waals surface area contributed by atoms with E-state index in [4.69, 9.17) is 5.11 Å². The molecule has 5 heteroatoms. The second kappa shape index (κ2) is 4.54. The second-order valence-corrected chi connectivity index (χ2v) is 2.40. The predicted octanol–water partition coefficient (Wildman–Crippen LogP) is 1.06. The van der Waals surface area contributed by atoms with Crippen LogP contribution in [0.4, 0.5) is 5.69 Å². The zero-order chi connectivity index (χ0) is 9.68. The maximum Gasteiger partial charge on any atom is 0.269 e. The number of hydrogen-bond acceptors (Lipinski definition) is 4. The minimum atomic E-state index is -0.470. The van der Waals surface area contributed by atoms with Crippen molar-refractivity contribution in [1.82, 2.24) is 0 Å². The summed E-state index contributed by atoms with van der Waals surface area (Å²) < 4.78 is 4.69. The highest BCUT2D eigenvalue weighted by atomic mass is 16.6. The summed E-state index contributed by atoms with van der Waals surface area (Å²) in [6.07, 6.45) is 0. The molecule has 1 rings (SSSR count). The lowest BCUT2D eigenvalue weighted by Crippen LogP contribution is -1.95. The van der Waals surface area contributed by atoms with Gasteiger partial charge in [0.15, 0.2) is 0 Å². The average molecular weight is 183 g/mol. The molecule has 0 aliphatic rings. The lowest BCUT2D eigenvalue weighted by Gasteiger charge is -1.99. The summed E-state index contributed by atoms with van der Waals surface area (Å²) in [6, 6.07) is 6.09. The Morgan fingerprint density at radius 2 is 2.31 bits per heavy atom. The van der Waals surface area contributed by atoms with Gasteiger partial charge in [0, 0.05) is 12.1 Å². The summed E-state index contributed by atoms with van der Waals surface area (Å²) in [4.78, 5) is 9.87. The first-order valence-electron chi connectivity index (χ1n) is 3.66. The minimum absolute atomic E-state index is 0.0269. The van der Waals surface area contributed by atoms with Crippen LogP contribution in [0.25, 0.3) is 0 Å². The van der Waals surface area contributed by atoms with Gasteiger partial charge in [-0.1, -0.05) is 12.1 Å². The first kappa shape index (κ1) is 9.63. The first-order chi connectivity index (χ1) is 6.24. The molecule has 0 unspecified atom stereocenters. The van der Waals surface area contributed by atoms with Gasteiger partial charge in [0.1, 0.15) is 6.79 Å². The maximum atomic E-state index is 10.3. The Morgan fingerprint density at radius 3 is 2.92 bits per heavy atom. The number of nitrogens with zero attached hydrogens (tertiary/aromatic N) is 1. The van der Waals surface area contributed by atoms with Crippen molar-refractivity contribution in [3.8, 4) is 0 Å². The number of aliphatic hydroxyl groups excluding tert-OH is 1. The highest BCUT2D eigenvalue weighted by Crippen LogP contribution is 2.13. The number of rotatable bonds is 4. The van der Waals surface area contributed by atoms with E-state index in [9.17, 15) is 10.1 Å². The van der Waals surface area contributed by atoms with Gasteiger partial charge in [-0.05, 0) is 5.56 Å². The van der Waals surface area contributed by atoms with Gasteiger partial charge in [-0.3, -0.25) is 10.1 Å². The smallest absolute Gasteiger partial charge is 0.269 e. The number of nitro benzene ring substituents is 1. The number of hydrogen-bond donors (Lipinski definition) is 1. The molecule has 0 atom stereocenters. The van der Waals surface area contributed by atoms with Gasteiger partial charge in [-0.15, -0.1) is 0 Å². The van der Waals surface area contributed by atoms with Gasteiger partial charge in [-0.25, -0.2) is 0 Å². The molecule has 0 aromatic heterocycles. The number of aliphatic hydroxyl groups is 1. The van der Waals surface area contributed by atoms with Crippen LogP contribution in [-0.2, 0) is 11.3 Å². The summed E-state index contributed by atoms with van der Waals surface area (Å²) in [5.74, 6) is 0. The third-order valence-electron chi connectivity index (χ3n) is 1.48. The number of benzene rings is 1. The fourth-order valence-corrected chi connectivity index (χ4v) is 0.923. The van der Waals surface area contributed by atoms with Crippen LogP contribution >= 0.6 is 0 Å². The summed E-state index contributed by atoms with van der Waals surface area (Å²) in [5, 5.41) is 18.7. The monoisotopic (exact) mass is 183 g/mol. The van der Waals surface area contributed by atoms with Gasteiger partial charge < -0.3 is 9.84 Å². The van der Waals surface area contributed by atoms with Crippen molar-refractivity contribution in [3.63, 3.8) is 0 Å². The van der Waals surface area contributed by atoms with Crippen LogP contribution in [0.15, 0.2) is 24.3 Å². The molecule has 0 fully saturated rings. The molecule has 0 radical (unpaired) electrons. The third-order valence-corrected chi connectivity index (χ3v) is 1.48. The molecule has 0 aliphatic carbocycles.